The van der Waals surface area contributed by atoms with Crippen molar-refractivity contribution in [2.24, 2.45) is 0 Å². The lowest BCUT2D eigenvalue weighted by Crippen LogP contribution is -2.52. The molecule has 3 rings (SSSR count). The predicted octanol–water partition coefficient (Wildman–Crippen LogP) is 3.59. The van der Waals surface area contributed by atoms with E-state index in [1.807, 2.05) is 45.3 Å². The van der Waals surface area contributed by atoms with E-state index in [1.165, 1.54) is 0 Å². The highest BCUT2D eigenvalue weighted by Gasteiger charge is 2.35. The number of halogens is 1. The van der Waals surface area contributed by atoms with Gasteiger partial charge in [0.1, 0.15) is 5.60 Å². The molecule has 0 spiro atoms. The van der Waals surface area contributed by atoms with E-state index in [4.69, 9.17) is 4.74 Å². The molecule has 0 saturated carbocycles. The van der Waals surface area contributed by atoms with Crippen LogP contribution in [0.25, 0.3) is 11.0 Å². The van der Waals surface area contributed by atoms with Crippen LogP contribution in [0.1, 0.15) is 26.8 Å². The van der Waals surface area contributed by atoms with Crippen LogP contribution >= 0.6 is 15.9 Å². The maximum Gasteiger partial charge on any atom is 0.410 e. The maximum absolute atomic E-state index is 11.9. The molecular weight excluding hydrogens is 334 g/mol. The molecule has 1 aliphatic rings. The molecule has 1 fully saturated rings. The summed E-state index contributed by atoms with van der Waals surface area (Å²) in [5.41, 5.74) is 1.60. The lowest BCUT2D eigenvalue weighted by atomic mass is 10.1. The SMILES string of the molecule is CC(C)(C)OC(=O)N1CC(n2cnc3cc(Br)ccc32)C1. The first-order valence-corrected chi connectivity index (χ1v) is 7.73. The van der Waals surface area contributed by atoms with E-state index in [1.54, 1.807) is 4.90 Å². The van der Waals surface area contributed by atoms with E-state index < -0.39 is 5.60 Å². The zero-order valence-electron chi connectivity index (χ0n) is 12.3. The molecule has 1 aliphatic heterocycles. The normalized spacial score (nSPS) is 16.1. The van der Waals surface area contributed by atoms with Gasteiger partial charge < -0.3 is 14.2 Å². The number of hydrogen-bond acceptors (Lipinski definition) is 3. The van der Waals surface area contributed by atoms with Gasteiger partial charge in [0, 0.05) is 17.6 Å². The van der Waals surface area contributed by atoms with Crippen LogP contribution in [0, 0.1) is 0 Å². The van der Waals surface area contributed by atoms with E-state index in [0.717, 1.165) is 15.5 Å². The predicted molar refractivity (Wildman–Crippen MR) is 84.3 cm³/mol. The third-order valence-electron chi connectivity index (χ3n) is 3.44. The Morgan fingerprint density at radius 3 is 2.76 bits per heavy atom. The summed E-state index contributed by atoms with van der Waals surface area (Å²) >= 11 is 3.45. The van der Waals surface area contributed by atoms with Crippen LogP contribution in [-0.4, -0.2) is 39.2 Å². The molecule has 5 nitrogen and oxygen atoms in total. The fraction of sp³-hybridized carbons (Fsp3) is 0.467. The summed E-state index contributed by atoms with van der Waals surface area (Å²) in [6.07, 6.45) is 1.60. The van der Waals surface area contributed by atoms with Gasteiger partial charge in [-0.25, -0.2) is 9.78 Å². The lowest BCUT2D eigenvalue weighted by molar-refractivity contribution is 0.00151. The van der Waals surface area contributed by atoms with Crippen LogP contribution in [0.15, 0.2) is 29.0 Å². The van der Waals surface area contributed by atoms with E-state index in [-0.39, 0.29) is 12.1 Å². The molecule has 0 N–H and O–H groups in total. The minimum atomic E-state index is -0.448. The molecular formula is C15H18BrN3O2. The second-order valence-corrected chi connectivity index (χ2v) is 7.24. The largest absolute Gasteiger partial charge is 0.444 e. The van der Waals surface area contributed by atoms with Crippen LogP contribution in [0.2, 0.25) is 0 Å². The molecule has 112 valence electrons. The highest BCUT2D eigenvalue weighted by molar-refractivity contribution is 9.10. The van der Waals surface area contributed by atoms with E-state index >= 15 is 0 Å². The van der Waals surface area contributed by atoms with Gasteiger partial charge in [-0.2, -0.15) is 0 Å². The number of aromatic nitrogens is 2. The molecule has 0 atom stereocenters. The summed E-state index contributed by atoms with van der Waals surface area (Å²) in [7, 11) is 0. The Balaban J connectivity index is 1.69. The summed E-state index contributed by atoms with van der Waals surface area (Å²) in [4.78, 5) is 18.1. The minimum absolute atomic E-state index is 0.245. The second kappa shape index (κ2) is 5.02. The van der Waals surface area contributed by atoms with Gasteiger partial charge in [-0.05, 0) is 39.0 Å². The summed E-state index contributed by atoms with van der Waals surface area (Å²) in [6.45, 7) is 6.96. The van der Waals surface area contributed by atoms with Crippen LogP contribution in [0.4, 0.5) is 4.79 Å². The van der Waals surface area contributed by atoms with Crippen molar-refractivity contribution in [3.05, 3.63) is 29.0 Å². The molecule has 21 heavy (non-hydrogen) atoms. The third kappa shape index (κ3) is 2.90. The molecule has 0 unspecified atom stereocenters. The van der Waals surface area contributed by atoms with Crippen molar-refractivity contribution in [3.8, 4) is 0 Å². The van der Waals surface area contributed by atoms with Crippen LogP contribution in [-0.2, 0) is 4.74 Å². The molecule has 2 heterocycles. The van der Waals surface area contributed by atoms with Crippen molar-refractivity contribution in [2.45, 2.75) is 32.4 Å². The van der Waals surface area contributed by atoms with Gasteiger partial charge in [-0.1, -0.05) is 15.9 Å². The summed E-state index contributed by atoms with van der Waals surface area (Å²) in [5, 5.41) is 0. The number of rotatable bonds is 1. The zero-order valence-corrected chi connectivity index (χ0v) is 13.9. The van der Waals surface area contributed by atoms with Gasteiger partial charge in [0.25, 0.3) is 0 Å². The Morgan fingerprint density at radius 2 is 2.10 bits per heavy atom. The maximum atomic E-state index is 11.9. The van der Waals surface area contributed by atoms with Crippen molar-refractivity contribution in [3.63, 3.8) is 0 Å². The smallest absolute Gasteiger partial charge is 0.410 e. The molecule has 0 bridgehead atoms. The number of amides is 1. The number of carbonyl (C=O) groups excluding carboxylic acids is 1. The molecule has 1 aromatic carbocycles. The first kappa shape index (κ1) is 14.4. The highest BCUT2D eigenvalue weighted by Crippen LogP contribution is 2.28. The Kier molecular flexibility index (Phi) is 3.43. The van der Waals surface area contributed by atoms with Gasteiger partial charge in [0.2, 0.25) is 0 Å². The first-order chi connectivity index (χ1) is 9.83. The number of carbonyl (C=O) groups is 1. The Labute approximate surface area is 132 Å². The van der Waals surface area contributed by atoms with Crippen molar-refractivity contribution < 1.29 is 9.53 Å². The van der Waals surface area contributed by atoms with Gasteiger partial charge in [-0.15, -0.1) is 0 Å². The standard InChI is InChI=1S/C15H18BrN3O2/c1-15(2,3)21-14(20)18-7-11(8-18)19-9-17-12-6-10(16)4-5-13(12)19/h4-6,9,11H,7-8H2,1-3H3. The van der Waals surface area contributed by atoms with Gasteiger partial charge in [-0.3, -0.25) is 0 Å². The number of nitrogens with zero attached hydrogens (tertiary/aromatic N) is 3. The fourth-order valence-electron chi connectivity index (χ4n) is 2.40. The summed E-state index contributed by atoms with van der Waals surface area (Å²) in [6, 6.07) is 6.31. The molecule has 6 heteroatoms. The van der Waals surface area contributed by atoms with Crippen molar-refractivity contribution in [2.75, 3.05) is 13.1 Å². The van der Waals surface area contributed by atoms with E-state index in [9.17, 15) is 4.79 Å². The fourth-order valence-corrected chi connectivity index (χ4v) is 2.75. The Bertz CT molecular complexity index is 684. The Morgan fingerprint density at radius 1 is 1.38 bits per heavy atom. The molecule has 0 radical (unpaired) electrons. The van der Waals surface area contributed by atoms with Crippen LogP contribution in [0.3, 0.4) is 0 Å². The van der Waals surface area contributed by atoms with Crippen molar-refractivity contribution in [1.82, 2.24) is 14.5 Å². The van der Waals surface area contributed by atoms with Gasteiger partial charge in [0.05, 0.1) is 23.4 Å². The Hall–Kier alpha value is -1.56. The molecule has 1 saturated heterocycles. The summed E-state index contributed by atoms with van der Waals surface area (Å²) < 4.78 is 8.51. The lowest BCUT2D eigenvalue weighted by Gasteiger charge is -2.40. The number of ether oxygens (including phenoxy) is 1. The average Bonchev–Trinajstić information content (AvgIpc) is 2.67. The molecule has 0 aliphatic carbocycles. The highest BCUT2D eigenvalue weighted by atomic mass is 79.9. The molecule has 1 aromatic heterocycles. The quantitative estimate of drug-likeness (QED) is 0.788. The van der Waals surface area contributed by atoms with Crippen molar-refractivity contribution in [1.29, 1.82) is 0 Å². The van der Waals surface area contributed by atoms with Gasteiger partial charge in [0.15, 0.2) is 0 Å². The molecule has 2 aromatic rings. The number of imidazole rings is 1. The average molecular weight is 352 g/mol. The van der Waals surface area contributed by atoms with E-state index in [2.05, 4.69) is 25.5 Å². The second-order valence-electron chi connectivity index (χ2n) is 6.32. The minimum Gasteiger partial charge on any atom is -0.444 e. The van der Waals surface area contributed by atoms with Crippen LogP contribution < -0.4 is 0 Å². The number of benzene rings is 1. The monoisotopic (exact) mass is 351 g/mol. The van der Waals surface area contributed by atoms with Crippen LogP contribution in [0.5, 0.6) is 0 Å². The molecule has 1 amide bonds. The topological polar surface area (TPSA) is 47.4 Å². The zero-order chi connectivity index (χ0) is 15.2. The third-order valence-corrected chi connectivity index (χ3v) is 3.94. The number of fused-ring (bicyclic) bond motifs is 1. The van der Waals surface area contributed by atoms with Crippen molar-refractivity contribution >= 4 is 33.1 Å². The first-order valence-electron chi connectivity index (χ1n) is 6.93. The number of hydrogen-bond donors (Lipinski definition) is 0. The number of likely N-dealkylation sites (tertiary alicyclic amines) is 1. The summed E-state index contributed by atoms with van der Waals surface area (Å²) in [5.74, 6) is 0. The van der Waals surface area contributed by atoms with E-state index in [0.29, 0.717) is 13.1 Å². The van der Waals surface area contributed by atoms with Gasteiger partial charge >= 0.3 is 6.09 Å².